The number of benzene rings is 2. The molecule has 1 aliphatic rings. The number of amides is 1. The molecule has 0 bridgehead atoms. The number of aromatic hydroxyl groups is 1. The lowest BCUT2D eigenvalue weighted by molar-refractivity contribution is 0.0228. The summed E-state index contributed by atoms with van der Waals surface area (Å²) in [7, 11) is -3.94. The first-order valence-corrected chi connectivity index (χ1v) is 10.7. The van der Waals surface area contributed by atoms with Crippen LogP contribution in [0.5, 0.6) is 5.75 Å². The lowest BCUT2D eigenvalue weighted by Crippen LogP contribution is -2.48. The van der Waals surface area contributed by atoms with Gasteiger partial charge in [0.25, 0.3) is 0 Å². The van der Waals surface area contributed by atoms with E-state index in [-0.39, 0.29) is 23.6 Å². The molecule has 3 rings (SSSR count). The van der Waals surface area contributed by atoms with Crippen molar-refractivity contribution in [1.29, 1.82) is 0 Å². The van der Waals surface area contributed by atoms with Gasteiger partial charge in [0.15, 0.2) is 9.84 Å². The predicted octanol–water partition coefficient (Wildman–Crippen LogP) is 3.53. The van der Waals surface area contributed by atoms with Crippen molar-refractivity contribution >= 4 is 15.9 Å². The van der Waals surface area contributed by atoms with Crippen LogP contribution >= 0.6 is 0 Å². The fourth-order valence-corrected chi connectivity index (χ4v) is 5.10. The molecule has 28 heavy (non-hydrogen) atoms. The molecule has 7 heteroatoms. The molecule has 1 unspecified atom stereocenters. The first-order valence-electron chi connectivity index (χ1n) is 9.17. The zero-order chi connectivity index (χ0) is 20.5. The maximum Gasteiger partial charge on any atom is 0.411 e. The highest BCUT2D eigenvalue weighted by Gasteiger charge is 2.39. The third-order valence-electron chi connectivity index (χ3n) is 4.61. The van der Waals surface area contributed by atoms with Crippen LogP contribution in [0.25, 0.3) is 0 Å². The molecule has 1 aliphatic heterocycles. The van der Waals surface area contributed by atoms with E-state index in [0.29, 0.717) is 6.42 Å². The Labute approximate surface area is 165 Å². The van der Waals surface area contributed by atoms with Crippen LogP contribution in [0.15, 0.2) is 53.4 Å². The summed E-state index contributed by atoms with van der Waals surface area (Å²) in [6.07, 6.45) is 0.0450. The monoisotopic (exact) mass is 403 g/mol. The van der Waals surface area contributed by atoms with Gasteiger partial charge in [-0.15, -0.1) is 0 Å². The molecule has 2 aromatic carbocycles. The number of phenols is 1. The summed E-state index contributed by atoms with van der Waals surface area (Å²) in [4.78, 5) is 14.1. The van der Waals surface area contributed by atoms with Crippen molar-refractivity contribution in [2.45, 2.75) is 49.5 Å². The van der Waals surface area contributed by atoms with Crippen molar-refractivity contribution < 1.29 is 23.1 Å². The number of fused-ring (bicyclic) bond motifs is 1. The number of hydrogen-bond donors (Lipinski definition) is 1. The van der Waals surface area contributed by atoms with Gasteiger partial charge in [0.05, 0.1) is 4.90 Å². The maximum absolute atomic E-state index is 13.4. The van der Waals surface area contributed by atoms with Gasteiger partial charge in [-0.05, 0) is 56.5 Å². The lowest BCUT2D eigenvalue weighted by atomic mass is 10.0. The van der Waals surface area contributed by atoms with Crippen LogP contribution in [0.2, 0.25) is 0 Å². The fourth-order valence-electron chi connectivity index (χ4n) is 3.31. The summed E-state index contributed by atoms with van der Waals surface area (Å²) in [5, 5.41) is 8.63. The van der Waals surface area contributed by atoms with Crippen molar-refractivity contribution in [3.05, 3.63) is 59.7 Å². The van der Waals surface area contributed by atoms with Gasteiger partial charge in [-0.1, -0.05) is 30.3 Å². The summed E-state index contributed by atoms with van der Waals surface area (Å²) in [6.45, 7) is 5.47. The highest BCUT2D eigenvalue weighted by atomic mass is 32.2. The van der Waals surface area contributed by atoms with Crippen molar-refractivity contribution in [1.82, 2.24) is 4.90 Å². The average molecular weight is 404 g/mol. The van der Waals surface area contributed by atoms with Crippen LogP contribution in [0.1, 0.15) is 31.9 Å². The summed E-state index contributed by atoms with van der Waals surface area (Å²) < 4.78 is 32.3. The highest BCUT2D eigenvalue weighted by Crippen LogP contribution is 2.29. The number of phenolic OH excluding ortho intramolecular Hbond substituents is 1. The maximum atomic E-state index is 13.4. The molecule has 0 aliphatic carbocycles. The minimum Gasteiger partial charge on any atom is -0.508 e. The average Bonchev–Trinajstić information content (AvgIpc) is 2.80. The number of carbonyl (C=O) groups is 1. The third-order valence-corrected chi connectivity index (χ3v) is 6.66. The largest absolute Gasteiger partial charge is 0.508 e. The van der Waals surface area contributed by atoms with Crippen LogP contribution < -0.4 is 0 Å². The van der Waals surface area contributed by atoms with Gasteiger partial charge in [0.2, 0.25) is 0 Å². The van der Waals surface area contributed by atoms with Crippen molar-refractivity contribution in [2.24, 2.45) is 0 Å². The van der Waals surface area contributed by atoms with Crippen LogP contribution in [0, 0.1) is 0 Å². The van der Waals surface area contributed by atoms with E-state index in [2.05, 4.69) is 0 Å². The van der Waals surface area contributed by atoms with Crippen LogP contribution in [-0.2, 0) is 27.4 Å². The number of rotatable bonds is 2. The predicted molar refractivity (Wildman–Crippen MR) is 106 cm³/mol. The van der Waals surface area contributed by atoms with E-state index in [9.17, 15) is 18.3 Å². The van der Waals surface area contributed by atoms with E-state index >= 15 is 0 Å². The minimum atomic E-state index is -3.94. The Kier molecular flexibility index (Phi) is 5.39. The molecular formula is C21H25NO5S. The Balaban J connectivity index is 2.06. The molecule has 0 spiro atoms. The number of ether oxygens (including phenoxy) is 1. The zero-order valence-electron chi connectivity index (χ0n) is 16.3. The number of sulfone groups is 1. The quantitative estimate of drug-likeness (QED) is 0.829. The molecule has 0 saturated carbocycles. The van der Waals surface area contributed by atoms with E-state index in [4.69, 9.17) is 4.74 Å². The molecule has 0 saturated heterocycles. The van der Waals surface area contributed by atoms with E-state index in [1.807, 2.05) is 24.3 Å². The van der Waals surface area contributed by atoms with Crippen LogP contribution in [0.3, 0.4) is 0 Å². The lowest BCUT2D eigenvalue weighted by Gasteiger charge is -2.32. The van der Waals surface area contributed by atoms with E-state index in [0.717, 1.165) is 11.1 Å². The van der Waals surface area contributed by atoms with E-state index < -0.39 is 26.9 Å². The molecule has 0 aromatic heterocycles. The standard InChI is InChI=1S/C21H25NO5S/c1-21(2,3)27-20(24)22-12-11-15-7-4-5-8-16(15)13-19(22)28(25,26)18-10-6-9-17(23)14-18/h4-10,14,19,23H,11-13H2,1-3H3. The van der Waals surface area contributed by atoms with E-state index in [1.165, 1.54) is 29.2 Å². The van der Waals surface area contributed by atoms with Crippen molar-refractivity contribution in [3.8, 4) is 5.75 Å². The van der Waals surface area contributed by atoms with E-state index in [1.54, 1.807) is 20.8 Å². The molecule has 2 aromatic rings. The Hall–Kier alpha value is -2.54. The second-order valence-electron chi connectivity index (χ2n) is 7.89. The molecular weight excluding hydrogens is 378 g/mol. The molecule has 0 radical (unpaired) electrons. The van der Waals surface area contributed by atoms with Gasteiger partial charge in [-0.25, -0.2) is 13.2 Å². The van der Waals surface area contributed by atoms with Gasteiger partial charge in [-0.2, -0.15) is 0 Å². The molecule has 150 valence electrons. The summed E-state index contributed by atoms with van der Waals surface area (Å²) >= 11 is 0. The molecule has 6 nitrogen and oxygen atoms in total. The molecule has 1 N–H and O–H groups in total. The Bertz CT molecular complexity index is 978. The van der Waals surface area contributed by atoms with Gasteiger partial charge in [0, 0.05) is 13.0 Å². The van der Waals surface area contributed by atoms with Crippen molar-refractivity contribution in [2.75, 3.05) is 6.54 Å². The Morgan fingerprint density at radius 1 is 1.11 bits per heavy atom. The zero-order valence-corrected chi connectivity index (χ0v) is 17.1. The first-order chi connectivity index (χ1) is 13.1. The third kappa shape index (κ3) is 4.30. The molecule has 1 heterocycles. The molecule has 0 fully saturated rings. The Morgan fingerprint density at radius 2 is 1.79 bits per heavy atom. The number of hydrogen-bond acceptors (Lipinski definition) is 5. The first kappa shape index (κ1) is 20.2. The topological polar surface area (TPSA) is 83.9 Å². The van der Waals surface area contributed by atoms with Crippen LogP contribution in [0.4, 0.5) is 4.79 Å². The van der Waals surface area contributed by atoms with Gasteiger partial charge < -0.3 is 9.84 Å². The second kappa shape index (κ2) is 7.47. The van der Waals surface area contributed by atoms with Gasteiger partial charge in [-0.3, -0.25) is 4.90 Å². The van der Waals surface area contributed by atoms with Gasteiger partial charge >= 0.3 is 6.09 Å². The smallest absolute Gasteiger partial charge is 0.411 e. The van der Waals surface area contributed by atoms with Crippen molar-refractivity contribution in [3.63, 3.8) is 0 Å². The summed E-state index contributed by atoms with van der Waals surface area (Å²) in [5.74, 6) is -0.140. The normalized spacial score (nSPS) is 17.5. The summed E-state index contributed by atoms with van der Waals surface area (Å²) in [5.41, 5.74) is 1.17. The Morgan fingerprint density at radius 3 is 2.43 bits per heavy atom. The summed E-state index contributed by atoms with van der Waals surface area (Å²) in [6, 6.07) is 13.1. The molecule has 1 atom stereocenters. The number of carbonyl (C=O) groups excluding carboxylic acids is 1. The number of nitrogens with zero attached hydrogens (tertiary/aromatic N) is 1. The molecule has 1 amide bonds. The van der Waals surface area contributed by atoms with Crippen LogP contribution in [-0.4, -0.2) is 42.0 Å². The fraction of sp³-hybridized carbons (Fsp3) is 0.381. The minimum absolute atomic E-state index is 0.0227. The SMILES string of the molecule is CC(C)(C)OC(=O)N1CCc2ccccc2CC1S(=O)(=O)c1cccc(O)c1. The highest BCUT2D eigenvalue weighted by molar-refractivity contribution is 7.92. The van der Waals surface area contributed by atoms with Gasteiger partial charge in [0.1, 0.15) is 16.7 Å². The second-order valence-corrected chi connectivity index (χ2v) is 10.00.